The molecule has 2 aromatic heterocycles. The van der Waals surface area contributed by atoms with Crippen LogP contribution in [-0.4, -0.2) is 32.0 Å². The van der Waals surface area contributed by atoms with Gasteiger partial charge in [0.25, 0.3) is 0 Å². The number of carbonyl (C=O) groups excluding carboxylic acids is 1. The van der Waals surface area contributed by atoms with E-state index in [0.29, 0.717) is 24.5 Å². The quantitative estimate of drug-likeness (QED) is 0.769. The van der Waals surface area contributed by atoms with Gasteiger partial charge in [0.1, 0.15) is 0 Å². The predicted octanol–water partition coefficient (Wildman–Crippen LogP) is 2.09. The highest BCUT2D eigenvalue weighted by molar-refractivity contribution is 9.10. The van der Waals surface area contributed by atoms with Gasteiger partial charge >= 0.3 is 0 Å². The van der Waals surface area contributed by atoms with Gasteiger partial charge in [0, 0.05) is 38.4 Å². The van der Waals surface area contributed by atoms with Crippen LogP contribution in [0.1, 0.15) is 12.8 Å². The summed E-state index contributed by atoms with van der Waals surface area (Å²) in [6, 6.07) is 0. The largest absolute Gasteiger partial charge is 0.356 e. The van der Waals surface area contributed by atoms with Crippen molar-refractivity contribution in [3.05, 3.63) is 34.3 Å². The smallest absolute Gasteiger partial charge is 0.221 e. The number of nitrogens with one attached hydrogen (secondary N) is 1. The molecule has 0 fully saturated rings. The molecule has 1 amide bonds. The second-order valence-electron chi connectivity index (χ2n) is 4.30. The van der Waals surface area contributed by atoms with Gasteiger partial charge in [0.2, 0.25) is 5.91 Å². The lowest BCUT2D eigenvalue weighted by Gasteiger charge is -2.05. The molecule has 0 atom stereocenters. The molecule has 1 N–H and O–H groups in total. The summed E-state index contributed by atoms with van der Waals surface area (Å²) >= 11 is 9.07. The maximum absolute atomic E-state index is 11.6. The number of amides is 1. The fraction of sp³-hybridized carbons (Fsp3) is 0.417. The van der Waals surface area contributed by atoms with E-state index >= 15 is 0 Å². The number of hydrogen-bond donors (Lipinski definition) is 1. The van der Waals surface area contributed by atoms with E-state index < -0.39 is 0 Å². The topological polar surface area (TPSA) is 64.7 Å². The molecular weight excluding hydrogens is 346 g/mol. The van der Waals surface area contributed by atoms with E-state index in [1.54, 1.807) is 28.0 Å². The number of aryl methyl sites for hydroxylation is 2. The van der Waals surface area contributed by atoms with Gasteiger partial charge in [-0.2, -0.15) is 10.2 Å². The van der Waals surface area contributed by atoms with Gasteiger partial charge in [0.05, 0.1) is 21.9 Å². The van der Waals surface area contributed by atoms with Crippen molar-refractivity contribution in [2.75, 3.05) is 6.54 Å². The molecule has 0 aliphatic carbocycles. The Morgan fingerprint density at radius 2 is 2.00 bits per heavy atom. The zero-order valence-electron chi connectivity index (χ0n) is 10.8. The molecule has 0 saturated heterocycles. The zero-order chi connectivity index (χ0) is 14.4. The summed E-state index contributed by atoms with van der Waals surface area (Å²) in [5.74, 6) is 0.0233. The summed E-state index contributed by atoms with van der Waals surface area (Å²) < 4.78 is 4.40. The molecule has 0 radical (unpaired) electrons. The van der Waals surface area contributed by atoms with Crippen LogP contribution in [0.2, 0.25) is 5.02 Å². The first-order valence-electron chi connectivity index (χ1n) is 6.26. The van der Waals surface area contributed by atoms with Crippen molar-refractivity contribution in [3.8, 4) is 0 Å². The molecule has 0 spiro atoms. The first-order chi connectivity index (χ1) is 9.63. The fourth-order valence-corrected chi connectivity index (χ4v) is 2.18. The molecule has 0 aliphatic rings. The van der Waals surface area contributed by atoms with Gasteiger partial charge in [-0.1, -0.05) is 11.6 Å². The van der Waals surface area contributed by atoms with Gasteiger partial charge < -0.3 is 5.32 Å². The Morgan fingerprint density at radius 1 is 1.25 bits per heavy atom. The third-order valence-electron chi connectivity index (χ3n) is 2.66. The molecule has 108 valence electrons. The summed E-state index contributed by atoms with van der Waals surface area (Å²) in [5.41, 5.74) is 0. The molecule has 0 aromatic carbocycles. The molecule has 0 bridgehead atoms. The Labute approximate surface area is 130 Å². The lowest BCUT2D eigenvalue weighted by molar-refractivity contribution is -0.121. The normalized spacial score (nSPS) is 10.7. The number of carbonyl (C=O) groups is 1. The van der Waals surface area contributed by atoms with Crippen LogP contribution in [-0.2, 0) is 17.9 Å². The summed E-state index contributed by atoms with van der Waals surface area (Å²) in [6.45, 7) is 1.93. The maximum atomic E-state index is 11.6. The van der Waals surface area contributed by atoms with Crippen LogP contribution < -0.4 is 5.32 Å². The molecule has 8 heteroatoms. The molecule has 2 rings (SSSR count). The van der Waals surface area contributed by atoms with Crippen LogP contribution in [0.3, 0.4) is 0 Å². The van der Waals surface area contributed by atoms with Crippen LogP contribution in [0.15, 0.2) is 29.3 Å². The molecular formula is C12H15BrClN5O. The number of aromatic nitrogens is 4. The predicted molar refractivity (Wildman–Crippen MR) is 79.4 cm³/mol. The SMILES string of the molecule is O=C(CCn1cc(Br)cn1)NCCCn1cc(Cl)cn1. The highest BCUT2D eigenvalue weighted by Gasteiger charge is 2.02. The van der Waals surface area contributed by atoms with Crippen LogP contribution in [0, 0.1) is 0 Å². The van der Waals surface area contributed by atoms with Crippen LogP contribution >= 0.6 is 27.5 Å². The average Bonchev–Trinajstić information content (AvgIpc) is 3.01. The van der Waals surface area contributed by atoms with Gasteiger partial charge in [-0.15, -0.1) is 0 Å². The minimum atomic E-state index is 0.0233. The van der Waals surface area contributed by atoms with Crippen molar-refractivity contribution in [3.63, 3.8) is 0 Å². The third kappa shape index (κ3) is 4.97. The lowest BCUT2D eigenvalue weighted by Crippen LogP contribution is -2.26. The van der Waals surface area contributed by atoms with Gasteiger partial charge in [0.15, 0.2) is 0 Å². The van der Waals surface area contributed by atoms with E-state index in [9.17, 15) is 4.79 Å². The van der Waals surface area contributed by atoms with E-state index in [1.807, 2.05) is 6.20 Å². The van der Waals surface area contributed by atoms with Crippen LogP contribution in [0.4, 0.5) is 0 Å². The molecule has 0 unspecified atom stereocenters. The second-order valence-corrected chi connectivity index (χ2v) is 5.65. The zero-order valence-corrected chi connectivity index (χ0v) is 13.1. The number of hydrogen-bond acceptors (Lipinski definition) is 3. The lowest BCUT2D eigenvalue weighted by atomic mass is 10.3. The van der Waals surface area contributed by atoms with Crippen molar-refractivity contribution in [2.45, 2.75) is 25.9 Å². The minimum Gasteiger partial charge on any atom is -0.356 e. The second kappa shape index (κ2) is 7.44. The number of rotatable bonds is 7. The molecule has 2 aromatic rings. The third-order valence-corrected chi connectivity index (χ3v) is 3.26. The van der Waals surface area contributed by atoms with E-state index in [-0.39, 0.29) is 5.91 Å². The summed E-state index contributed by atoms with van der Waals surface area (Å²) in [6.07, 6.45) is 8.14. The van der Waals surface area contributed by atoms with E-state index in [0.717, 1.165) is 17.4 Å². The molecule has 0 aliphatic heterocycles. The first kappa shape index (κ1) is 15.1. The summed E-state index contributed by atoms with van der Waals surface area (Å²) in [5, 5.41) is 11.7. The van der Waals surface area contributed by atoms with Crippen LogP contribution in [0.5, 0.6) is 0 Å². The highest BCUT2D eigenvalue weighted by Crippen LogP contribution is 2.06. The van der Waals surface area contributed by atoms with Crippen molar-refractivity contribution in [1.82, 2.24) is 24.9 Å². The summed E-state index contributed by atoms with van der Waals surface area (Å²) in [4.78, 5) is 11.6. The molecule has 0 saturated carbocycles. The Hall–Kier alpha value is -1.34. The van der Waals surface area contributed by atoms with Gasteiger partial charge in [-0.05, 0) is 22.4 Å². The van der Waals surface area contributed by atoms with Gasteiger partial charge in [-0.25, -0.2) is 0 Å². The molecule has 20 heavy (non-hydrogen) atoms. The standard InChI is InChI=1S/C12H15BrClN5O/c13-10-6-16-19(8-10)5-2-12(20)15-3-1-4-18-9-11(14)7-17-18/h6-9H,1-5H2,(H,15,20). The average molecular weight is 361 g/mol. The fourth-order valence-electron chi connectivity index (χ4n) is 1.69. The molecule has 6 nitrogen and oxygen atoms in total. The van der Waals surface area contributed by atoms with Crippen molar-refractivity contribution < 1.29 is 4.79 Å². The Bertz CT molecular complexity index is 568. The Morgan fingerprint density at radius 3 is 2.65 bits per heavy atom. The minimum absolute atomic E-state index is 0.0233. The summed E-state index contributed by atoms with van der Waals surface area (Å²) in [7, 11) is 0. The van der Waals surface area contributed by atoms with Crippen molar-refractivity contribution in [1.29, 1.82) is 0 Å². The maximum Gasteiger partial charge on any atom is 0.221 e. The Balaban J connectivity index is 1.58. The van der Waals surface area contributed by atoms with E-state index in [1.165, 1.54) is 0 Å². The number of nitrogens with zero attached hydrogens (tertiary/aromatic N) is 4. The van der Waals surface area contributed by atoms with Crippen LogP contribution in [0.25, 0.3) is 0 Å². The number of halogens is 2. The van der Waals surface area contributed by atoms with Crippen molar-refractivity contribution in [2.24, 2.45) is 0 Å². The monoisotopic (exact) mass is 359 g/mol. The first-order valence-corrected chi connectivity index (χ1v) is 7.43. The molecule has 2 heterocycles. The van der Waals surface area contributed by atoms with Crippen molar-refractivity contribution >= 4 is 33.4 Å². The van der Waals surface area contributed by atoms with E-state index in [4.69, 9.17) is 11.6 Å². The van der Waals surface area contributed by atoms with Gasteiger partial charge in [-0.3, -0.25) is 14.2 Å². The Kier molecular flexibility index (Phi) is 5.60. The highest BCUT2D eigenvalue weighted by atomic mass is 79.9. The van der Waals surface area contributed by atoms with E-state index in [2.05, 4.69) is 31.4 Å².